The highest BCUT2D eigenvalue weighted by Gasteiger charge is 2.30. The number of Topliss-reactive ketones (excluding diaryl/α,β-unsaturated/α-hetero) is 1. The van der Waals surface area contributed by atoms with Crippen molar-refractivity contribution >= 4 is 24.1 Å². The van der Waals surface area contributed by atoms with Crippen LogP contribution in [0.15, 0.2) is 78.9 Å². The summed E-state index contributed by atoms with van der Waals surface area (Å²) in [5, 5.41) is 2.48. The first-order valence-electron chi connectivity index (χ1n) is 11.4. The molecule has 0 bridgehead atoms. The first-order valence-corrected chi connectivity index (χ1v) is 11.4. The molecule has 1 N–H and O–H groups in total. The topological polar surface area (TPSA) is 98.8 Å². The zero-order valence-electron chi connectivity index (χ0n) is 19.0. The summed E-state index contributed by atoms with van der Waals surface area (Å²) in [6.45, 7) is -0.380. The van der Waals surface area contributed by atoms with Crippen LogP contribution in [0.25, 0.3) is 11.1 Å². The lowest BCUT2D eigenvalue weighted by Crippen LogP contribution is -2.43. The van der Waals surface area contributed by atoms with Crippen LogP contribution in [0.1, 0.15) is 40.2 Å². The van der Waals surface area contributed by atoms with Gasteiger partial charge in [0.15, 0.2) is 12.4 Å². The van der Waals surface area contributed by atoms with E-state index in [0.29, 0.717) is 11.8 Å². The summed E-state index contributed by atoms with van der Waals surface area (Å²) in [5.41, 5.74) is 4.75. The number of carbonyl (C=O) groups is 4. The maximum atomic E-state index is 12.6. The van der Waals surface area contributed by atoms with Gasteiger partial charge in [-0.15, -0.1) is 0 Å². The van der Waals surface area contributed by atoms with Gasteiger partial charge in [-0.05, 0) is 28.7 Å². The molecule has 7 heteroatoms. The maximum Gasteiger partial charge on any atom is 0.407 e. The van der Waals surface area contributed by atoms with Crippen LogP contribution < -0.4 is 5.32 Å². The van der Waals surface area contributed by atoms with Gasteiger partial charge in [0.1, 0.15) is 18.9 Å². The number of carbonyl (C=O) groups excluding carboxylic acids is 4. The summed E-state index contributed by atoms with van der Waals surface area (Å²) in [6.07, 6.45) is -0.0780. The monoisotopic (exact) mass is 471 g/mol. The summed E-state index contributed by atoms with van der Waals surface area (Å²) < 4.78 is 10.6. The summed E-state index contributed by atoms with van der Waals surface area (Å²) in [4.78, 5) is 48.2. The fourth-order valence-corrected chi connectivity index (χ4v) is 4.21. The average molecular weight is 472 g/mol. The fraction of sp³-hybridized carbons (Fsp3) is 0.214. The second kappa shape index (κ2) is 11.2. The number of rotatable bonds is 10. The molecule has 0 saturated carbocycles. The van der Waals surface area contributed by atoms with Crippen molar-refractivity contribution in [3.63, 3.8) is 0 Å². The highest BCUT2D eigenvalue weighted by Crippen LogP contribution is 2.44. The molecule has 1 atom stereocenters. The Morgan fingerprint density at radius 1 is 0.829 bits per heavy atom. The summed E-state index contributed by atoms with van der Waals surface area (Å²) in [5.74, 6) is -1.30. The molecule has 0 aromatic heterocycles. The predicted molar refractivity (Wildman–Crippen MR) is 129 cm³/mol. The van der Waals surface area contributed by atoms with Crippen molar-refractivity contribution in [2.75, 3.05) is 13.2 Å². The molecule has 7 nitrogen and oxygen atoms in total. The third kappa shape index (κ3) is 5.63. The number of amides is 1. The van der Waals surface area contributed by atoms with Crippen LogP contribution >= 0.6 is 0 Å². The van der Waals surface area contributed by atoms with Crippen LogP contribution in [0.3, 0.4) is 0 Å². The second-order valence-corrected chi connectivity index (χ2v) is 8.16. The van der Waals surface area contributed by atoms with Crippen LogP contribution in [-0.4, -0.2) is 43.4 Å². The van der Waals surface area contributed by atoms with E-state index in [1.165, 1.54) is 0 Å². The van der Waals surface area contributed by atoms with Gasteiger partial charge in [0, 0.05) is 17.9 Å². The van der Waals surface area contributed by atoms with Gasteiger partial charge in [0.25, 0.3) is 0 Å². The number of hydrogen-bond donors (Lipinski definition) is 1. The van der Waals surface area contributed by atoms with Crippen molar-refractivity contribution < 1.29 is 28.7 Å². The number of alkyl carbamates (subject to hydrolysis) is 1. The normalized spacial score (nSPS) is 12.7. The highest BCUT2D eigenvalue weighted by molar-refractivity contribution is 5.98. The van der Waals surface area contributed by atoms with Gasteiger partial charge in [-0.2, -0.15) is 0 Å². The SMILES string of the molecule is O=CCC[C@H](NC(=O)OCC1c2ccccc2-c2ccccc21)C(=O)OCC(=O)c1ccccc1. The number of esters is 1. The van der Waals surface area contributed by atoms with Crippen molar-refractivity contribution in [1.82, 2.24) is 5.32 Å². The van der Waals surface area contributed by atoms with Crippen LogP contribution in [0, 0.1) is 0 Å². The van der Waals surface area contributed by atoms with Crippen molar-refractivity contribution in [1.29, 1.82) is 0 Å². The molecule has 4 rings (SSSR count). The van der Waals surface area contributed by atoms with Crippen LogP contribution in [-0.2, 0) is 19.1 Å². The summed E-state index contributed by atoms with van der Waals surface area (Å²) in [7, 11) is 0. The molecular formula is C28H25NO6. The fourth-order valence-electron chi connectivity index (χ4n) is 4.21. The number of aldehydes is 1. The van der Waals surface area contributed by atoms with E-state index < -0.39 is 24.7 Å². The third-order valence-electron chi connectivity index (χ3n) is 5.93. The Balaban J connectivity index is 1.36. The molecule has 1 amide bonds. The lowest BCUT2D eigenvalue weighted by atomic mass is 9.98. The molecule has 3 aromatic carbocycles. The van der Waals surface area contributed by atoms with Gasteiger partial charge in [-0.1, -0.05) is 78.9 Å². The number of benzene rings is 3. The van der Waals surface area contributed by atoms with Gasteiger partial charge >= 0.3 is 12.1 Å². The van der Waals surface area contributed by atoms with Gasteiger partial charge in [0.05, 0.1) is 0 Å². The lowest BCUT2D eigenvalue weighted by Gasteiger charge is -2.18. The zero-order chi connectivity index (χ0) is 24.6. The van der Waals surface area contributed by atoms with Gasteiger partial charge in [-0.25, -0.2) is 9.59 Å². The molecule has 0 fully saturated rings. The largest absolute Gasteiger partial charge is 0.456 e. The molecule has 0 aliphatic heterocycles. The molecule has 1 aliphatic carbocycles. The van der Waals surface area contributed by atoms with E-state index in [1.807, 2.05) is 48.5 Å². The molecule has 178 valence electrons. The molecule has 1 aliphatic rings. The molecule has 0 saturated heterocycles. The Hall–Kier alpha value is -4.26. The molecule has 0 heterocycles. The summed E-state index contributed by atoms with van der Waals surface area (Å²) in [6, 6.07) is 23.2. The summed E-state index contributed by atoms with van der Waals surface area (Å²) >= 11 is 0. The Bertz CT molecular complexity index is 1180. The van der Waals surface area contributed by atoms with E-state index in [-0.39, 0.29) is 31.1 Å². The molecule has 35 heavy (non-hydrogen) atoms. The van der Waals surface area contributed by atoms with E-state index in [0.717, 1.165) is 22.3 Å². The minimum Gasteiger partial charge on any atom is -0.456 e. The molecule has 0 spiro atoms. The van der Waals surface area contributed by atoms with Crippen LogP contribution in [0.2, 0.25) is 0 Å². The van der Waals surface area contributed by atoms with Crippen molar-refractivity contribution in [3.8, 4) is 11.1 Å². The molecule has 0 radical (unpaired) electrons. The average Bonchev–Trinajstić information content (AvgIpc) is 3.22. The number of ketones is 1. The van der Waals surface area contributed by atoms with Gasteiger partial charge in [0.2, 0.25) is 0 Å². The van der Waals surface area contributed by atoms with Gasteiger partial charge < -0.3 is 19.6 Å². The van der Waals surface area contributed by atoms with E-state index in [4.69, 9.17) is 9.47 Å². The Labute approximate surface area is 203 Å². The van der Waals surface area contributed by atoms with Gasteiger partial charge in [-0.3, -0.25) is 4.79 Å². The highest BCUT2D eigenvalue weighted by atomic mass is 16.6. The first-order chi connectivity index (χ1) is 17.1. The smallest absolute Gasteiger partial charge is 0.407 e. The molecular weight excluding hydrogens is 446 g/mol. The lowest BCUT2D eigenvalue weighted by molar-refractivity contribution is -0.145. The van der Waals surface area contributed by atoms with Crippen LogP contribution in [0.5, 0.6) is 0 Å². The predicted octanol–water partition coefficient (Wildman–Crippen LogP) is 4.30. The minimum atomic E-state index is -1.11. The van der Waals surface area contributed by atoms with E-state index >= 15 is 0 Å². The minimum absolute atomic E-state index is 0.0338. The standard InChI is InChI=1S/C28H25NO6/c30-16-8-15-25(27(32)34-18-26(31)19-9-2-1-3-10-19)29-28(33)35-17-24-22-13-6-4-11-20(22)21-12-5-7-14-23(21)24/h1-7,9-14,16,24-25H,8,15,17-18H2,(H,29,33)/t25-/m0/s1. The number of ether oxygens (including phenoxy) is 2. The molecule has 3 aromatic rings. The zero-order valence-corrected chi connectivity index (χ0v) is 19.0. The Morgan fingerprint density at radius 3 is 2.06 bits per heavy atom. The van der Waals surface area contributed by atoms with E-state index in [1.54, 1.807) is 30.3 Å². The Morgan fingerprint density at radius 2 is 1.43 bits per heavy atom. The quantitative estimate of drug-likeness (QED) is 0.269. The first kappa shape index (κ1) is 23.9. The molecule has 0 unspecified atom stereocenters. The van der Waals surface area contributed by atoms with E-state index in [9.17, 15) is 19.2 Å². The van der Waals surface area contributed by atoms with Crippen molar-refractivity contribution in [2.45, 2.75) is 24.8 Å². The van der Waals surface area contributed by atoms with Crippen molar-refractivity contribution in [3.05, 3.63) is 95.6 Å². The van der Waals surface area contributed by atoms with Crippen LogP contribution in [0.4, 0.5) is 4.79 Å². The number of nitrogens with one attached hydrogen (secondary N) is 1. The van der Waals surface area contributed by atoms with E-state index in [2.05, 4.69) is 5.32 Å². The number of hydrogen-bond acceptors (Lipinski definition) is 6. The third-order valence-corrected chi connectivity index (χ3v) is 5.93. The maximum absolute atomic E-state index is 12.6. The number of fused-ring (bicyclic) bond motifs is 3. The van der Waals surface area contributed by atoms with Crippen molar-refractivity contribution in [2.24, 2.45) is 0 Å². The Kier molecular flexibility index (Phi) is 7.67. The second-order valence-electron chi connectivity index (χ2n) is 8.16.